The van der Waals surface area contributed by atoms with Crippen molar-refractivity contribution < 1.29 is 0 Å². The molecule has 0 aliphatic carbocycles. The van der Waals surface area contributed by atoms with Crippen molar-refractivity contribution in [1.82, 2.24) is 19.5 Å². The second-order valence-electron chi connectivity index (χ2n) is 15.6. The van der Waals surface area contributed by atoms with E-state index in [4.69, 9.17) is 15.0 Å². The van der Waals surface area contributed by atoms with Crippen LogP contribution in [0.25, 0.3) is 116 Å². The van der Waals surface area contributed by atoms with Gasteiger partial charge in [0, 0.05) is 33.2 Å². The van der Waals surface area contributed by atoms with Crippen molar-refractivity contribution in [2.24, 2.45) is 0 Å². The molecule has 0 spiro atoms. The minimum absolute atomic E-state index is 0.634. The molecule has 0 unspecified atom stereocenters. The fraction of sp³-hybridized carbons (Fsp3) is 0. The van der Waals surface area contributed by atoms with Gasteiger partial charge in [0.15, 0.2) is 17.5 Å². The molecule has 2 aromatic heterocycles. The standard InChI is InChI=1S/C57H36N4/c1-4-15-37(16-5-1)38-27-29-40(30-28-38)56-58-55(39-17-6-2-7-18-39)59-57(60-56)42-32-34-50-51(35-42)46-22-11-10-21-45(46)49-25-14-24-44(54(49)50)41-31-33-48-47-23-12-13-26-52(47)61(53(48)36-41)43-19-8-3-9-20-43/h1-36H. The van der Waals surface area contributed by atoms with Crippen LogP contribution in [0.5, 0.6) is 0 Å². The molecule has 12 rings (SSSR count). The second kappa shape index (κ2) is 14.3. The average molecular weight is 777 g/mol. The highest BCUT2D eigenvalue weighted by Crippen LogP contribution is 2.43. The molecule has 0 saturated heterocycles. The molecular weight excluding hydrogens is 741 g/mol. The number of para-hydroxylation sites is 2. The Labute approximate surface area is 352 Å². The van der Waals surface area contributed by atoms with Crippen molar-refractivity contribution in [3.05, 3.63) is 218 Å². The molecule has 284 valence electrons. The topological polar surface area (TPSA) is 43.6 Å². The minimum atomic E-state index is 0.634. The lowest BCUT2D eigenvalue weighted by atomic mass is 9.88. The number of benzene rings is 10. The van der Waals surface area contributed by atoms with Crippen molar-refractivity contribution in [3.63, 3.8) is 0 Å². The maximum absolute atomic E-state index is 5.17. The van der Waals surface area contributed by atoms with Gasteiger partial charge in [-0.2, -0.15) is 0 Å². The van der Waals surface area contributed by atoms with Crippen molar-refractivity contribution in [3.8, 4) is 62.1 Å². The van der Waals surface area contributed by atoms with Gasteiger partial charge >= 0.3 is 0 Å². The van der Waals surface area contributed by atoms with Gasteiger partial charge < -0.3 is 4.57 Å². The molecule has 4 heteroatoms. The summed E-state index contributed by atoms with van der Waals surface area (Å²) in [5.74, 6) is 1.91. The lowest BCUT2D eigenvalue weighted by molar-refractivity contribution is 1.07. The fourth-order valence-corrected chi connectivity index (χ4v) is 9.17. The Kier molecular flexibility index (Phi) is 8.13. The molecule has 61 heavy (non-hydrogen) atoms. The predicted molar refractivity (Wildman–Crippen MR) is 254 cm³/mol. The maximum Gasteiger partial charge on any atom is 0.164 e. The van der Waals surface area contributed by atoms with Crippen LogP contribution < -0.4 is 0 Å². The Morgan fingerprint density at radius 3 is 1.44 bits per heavy atom. The number of rotatable bonds is 6. The summed E-state index contributed by atoms with van der Waals surface area (Å²) in [6, 6.07) is 77.6. The van der Waals surface area contributed by atoms with Crippen molar-refractivity contribution in [2.75, 3.05) is 0 Å². The Morgan fingerprint density at radius 2 is 0.721 bits per heavy atom. The maximum atomic E-state index is 5.17. The first-order valence-corrected chi connectivity index (χ1v) is 20.7. The summed E-state index contributed by atoms with van der Waals surface area (Å²) >= 11 is 0. The van der Waals surface area contributed by atoms with Crippen LogP contribution in [0.1, 0.15) is 0 Å². The second-order valence-corrected chi connectivity index (χ2v) is 15.6. The van der Waals surface area contributed by atoms with E-state index in [0.717, 1.165) is 33.3 Å². The van der Waals surface area contributed by atoms with E-state index in [1.807, 2.05) is 24.3 Å². The van der Waals surface area contributed by atoms with Crippen LogP contribution in [0, 0.1) is 0 Å². The number of fused-ring (bicyclic) bond motifs is 9. The number of hydrogen-bond acceptors (Lipinski definition) is 3. The van der Waals surface area contributed by atoms with Gasteiger partial charge in [-0.15, -0.1) is 0 Å². The highest BCUT2D eigenvalue weighted by atomic mass is 15.0. The van der Waals surface area contributed by atoms with E-state index >= 15 is 0 Å². The summed E-state index contributed by atoms with van der Waals surface area (Å²) in [6.07, 6.45) is 0. The van der Waals surface area contributed by atoms with Crippen LogP contribution >= 0.6 is 0 Å². The smallest absolute Gasteiger partial charge is 0.164 e. The van der Waals surface area contributed by atoms with Gasteiger partial charge in [-0.3, -0.25) is 0 Å². The summed E-state index contributed by atoms with van der Waals surface area (Å²) in [4.78, 5) is 15.3. The number of nitrogens with zero attached hydrogens (tertiary/aromatic N) is 4. The molecule has 2 heterocycles. The molecule has 0 atom stereocenters. The molecule has 0 aliphatic heterocycles. The molecule has 0 radical (unpaired) electrons. The molecule has 4 nitrogen and oxygen atoms in total. The highest BCUT2D eigenvalue weighted by Gasteiger charge is 2.19. The summed E-state index contributed by atoms with van der Waals surface area (Å²) in [5.41, 5.74) is 11.0. The largest absolute Gasteiger partial charge is 0.309 e. The Morgan fingerprint density at radius 1 is 0.262 bits per heavy atom. The van der Waals surface area contributed by atoms with Crippen LogP contribution in [-0.4, -0.2) is 19.5 Å². The summed E-state index contributed by atoms with van der Waals surface area (Å²) in [7, 11) is 0. The third-order valence-electron chi connectivity index (χ3n) is 12.0. The van der Waals surface area contributed by atoms with Gasteiger partial charge in [0.2, 0.25) is 0 Å². The molecule has 0 aliphatic rings. The van der Waals surface area contributed by atoms with Gasteiger partial charge in [0.05, 0.1) is 11.0 Å². The van der Waals surface area contributed by atoms with Gasteiger partial charge in [0.25, 0.3) is 0 Å². The van der Waals surface area contributed by atoms with E-state index in [-0.39, 0.29) is 0 Å². The van der Waals surface area contributed by atoms with E-state index in [2.05, 4.69) is 199 Å². The highest BCUT2D eigenvalue weighted by molar-refractivity contribution is 6.29. The summed E-state index contributed by atoms with van der Waals surface area (Å²) in [6.45, 7) is 0. The SMILES string of the molecule is c1ccc(-c2ccc(-c3nc(-c4ccccc4)nc(-c4ccc5c(c4)c4ccccc4c4cccc(-c6ccc7c8ccccc8n(-c8ccccc8)c7c6)c45)n3)cc2)cc1. The molecule has 0 fully saturated rings. The Hall–Kier alpha value is -8.21. The first-order chi connectivity index (χ1) is 30.2. The van der Waals surface area contributed by atoms with Crippen LogP contribution in [0.3, 0.4) is 0 Å². The van der Waals surface area contributed by atoms with Crippen molar-refractivity contribution in [1.29, 1.82) is 0 Å². The molecule has 12 aromatic rings. The Balaban J connectivity index is 1.06. The van der Waals surface area contributed by atoms with Crippen molar-refractivity contribution >= 4 is 54.1 Å². The average Bonchev–Trinajstić information content (AvgIpc) is 3.68. The zero-order chi connectivity index (χ0) is 40.3. The number of aromatic nitrogens is 4. The first-order valence-electron chi connectivity index (χ1n) is 20.7. The van der Waals surface area contributed by atoms with Gasteiger partial charge in [-0.25, -0.2) is 15.0 Å². The molecule has 0 bridgehead atoms. The van der Waals surface area contributed by atoms with E-state index in [0.29, 0.717) is 17.5 Å². The zero-order valence-electron chi connectivity index (χ0n) is 33.1. The van der Waals surface area contributed by atoms with E-state index < -0.39 is 0 Å². The predicted octanol–water partition coefficient (Wildman–Crippen LogP) is 14.8. The third-order valence-corrected chi connectivity index (χ3v) is 12.0. The lowest BCUT2D eigenvalue weighted by Gasteiger charge is -2.16. The molecule has 0 saturated carbocycles. The molecular formula is C57H36N4. The van der Waals surface area contributed by atoms with E-state index in [1.54, 1.807) is 0 Å². The fourth-order valence-electron chi connectivity index (χ4n) is 9.17. The van der Waals surface area contributed by atoms with Gasteiger partial charge in [0.1, 0.15) is 0 Å². The van der Waals surface area contributed by atoms with Crippen LogP contribution in [-0.2, 0) is 0 Å². The normalized spacial score (nSPS) is 11.6. The zero-order valence-corrected chi connectivity index (χ0v) is 33.1. The van der Waals surface area contributed by atoms with Crippen LogP contribution in [0.2, 0.25) is 0 Å². The van der Waals surface area contributed by atoms with Gasteiger partial charge in [-0.1, -0.05) is 188 Å². The summed E-state index contributed by atoms with van der Waals surface area (Å²) < 4.78 is 2.39. The number of hydrogen-bond donors (Lipinski definition) is 0. The van der Waals surface area contributed by atoms with Crippen LogP contribution in [0.15, 0.2) is 218 Å². The summed E-state index contributed by atoms with van der Waals surface area (Å²) in [5, 5.41) is 9.68. The lowest BCUT2D eigenvalue weighted by Crippen LogP contribution is -2.00. The minimum Gasteiger partial charge on any atom is -0.309 e. The third kappa shape index (κ3) is 5.88. The molecule has 10 aromatic carbocycles. The molecule has 0 amide bonds. The van der Waals surface area contributed by atoms with Crippen molar-refractivity contribution in [2.45, 2.75) is 0 Å². The monoisotopic (exact) mass is 776 g/mol. The molecule has 0 N–H and O–H groups in total. The van der Waals surface area contributed by atoms with E-state index in [1.165, 1.54) is 65.4 Å². The first kappa shape index (κ1) is 34.8. The van der Waals surface area contributed by atoms with Crippen LogP contribution in [0.4, 0.5) is 0 Å². The van der Waals surface area contributed by atoms with Gasteiger partial charge in [-0.05, 0) is 84.9 Å². The quantitative estimate of drug-likeness (QED) is 0.158. The van der Waals surface area contributed by atoms with E-state index in [9.17, 15) is 0 Å². The Bertz CT molecular complexity index is 3610.